The minimum absolute atomic E-state index is 0.151. The van der Waals surface area contributed by atoms with E-state index in [1.807, 2.05) is 26.0 Å². The molecule has 1 aromatic heterocycles. The quantitative estimate of drug-likeness (QED) is 0.838. The largest absolute Gasteiger partial charge is 0.473 e. The number of ether oxygens (including phenoxy) is 1. The minimum atomic E-state index is 0.151. The molecular weight excluding hydrogens is 214 g/mol. The van der Waals surface area contributed by atoms with Crippen molar-refractivity contribution in [3.8, 4) is 5.88 Å². The molecule has 0 atom stereocenters. The molecule has 94 valence electrons. The van der Waals surface area contributed by atoms with Gasteiger partial charge in [-0.2, -0.15) is 0 Å². The molecule has 0 bridgehead atoms. The van der Waals surface area contributed by atoms with E-state index in [0.29, 0.717) is 11.9 Å². The van der Waals surface area contributed by atoms with E-state index in [1.54, 1.807) is 6.20 Å². The van der Waals surface area contributed by atoms with Crippen LogP contribution in [0.2, 0.25) is 0 Å². The summed E-state index contributed by atoms with van der Waals surface area (Å²) in [5, 5.41) is 6.89. The van der Waals surface area contributed by atoms with Crippen molar-refractivity contribution >= 4 is 5.69 Å². The third-order valence-corrected chi connectivity index (χ3v) is 2.82. The highest BCUT2D eigenvalue weighted by molar-refractivity contribution is 5.52. The van der Waals surface area contributed by atoms with Gasteiger partial charge in [0.25, 0.3) is 0 Å². The van der Waals surface area contributed by atoms with Gasteiger partial charge in [-0.3, -0.25) is 0 Å². The maximum atomic E-state index is 5.70. The monoisotopic (exact) mass is 235 g/mol. The number of rotatable bonds is 4. The first-order valence-electron chi connectivity index (χ1n) is 6.34. The number of hydrogen-bond donors (Lipinski definition) is 2. The number of pyridine rings is 1. The third kappa shape index (κ3) is 3.60. The van der Waals surface area contributed by atoms with E-state index in [0.717, 1.165) is 31.6 Å². The highest BCUT2D eigenvalue weighted by Gasteiger charge is 2.15. The van der Waals surface area contributed by atoms with Crippen LogP contribution in [0, 0.1) is 0 Å². The van der Waals surface area contributed by atoms with Gasteiger partial charge in [-0.15, -0.1) is 0 Å². The number of hydrogen-bond acceptors (Lipinski definition) is 4. The Morgan fingerprint density at radius 1 is 1.41 bits per heavy atom. The summed E-state index contributed by atoms with van der Waals surface area (Å²) in [5.74, 6) is 0.709. The zero-order valence-corrected chi connectivity index (χ0v) is 10.6. The van der Waals surface area contributed by atoms with E-state index in [2.05, 4.69) is 15.6 Å². The van der Waals surface area contributed by atoms with E-state index >= 15 is 0 Å². The van der Waals surface area contributed by atoms with Gasteiger partial charge in [0.15, 0.2) is 0 Å². The second kappa shape index (κ2) is 5.87. The van der Waals surface area contributed by atoms with Gasteiger partial charge in [-0.05, 0) is 51.9 Å². The predicted molar refractivity (Wildman–Crippen MR) is 69.5 cm³/mol. The molecule has 0 aliphatic carbocycles. The van der Waals surface area contributed by atoms with Crippen molar-refractivity contribution in [3.63, 3.8) is 0 Å². The van der Waals surface area contributed by atoms with Gasteiger partial charge in [-0.1, -0.05) is 0 Å². The van der Waals surface area contributed by atoms with Crippen molar-refractivity contribution in [2.45, 2.75) is 38.8 Å². The summed E-state index contributed by atoms with van der Waals surface area (Å²) in [6.45, 7) is 6.20. The Bertz CT molecular complexity index is 348. The molecule has 4 heteroatoms. The van der Waals surface area contributed by atoms with Gasteiger partial charge in [0.05, 0.1) is 11.8 Å². The maximum Gasteiger partial charge on any atom is 0.237 e. The molecule has 1 saturated heterocycles. The molecule has 17 heavy (non-hydrogen) atoms. The molecule has 1 aliphatic heterocycles. The summed E-state index contributed by atoms with van der Waals surface area (Å²) in [7, 11) is 0. The maximum absolute atomic E-state index is 5.70. The average Bonchev–Trinajstić information content (AvgIpc) is 2.32. The van der Waals surface area contributed by atoms with Crippen LogP contribution in [0.3, 0.4) is 0 Å². The van der Waals surface area contributed by atoms with E-state index in [4.69, 9.17) is 4.74 Å². The lowest BCUT2D eigenvalue weighted by Crippen LogP contribution is -2.35. The van der Waals surface area contributed by atoms with Crippen LogP contribution in [-0.4, -0.2) is 30.2 Å². The second-order valence-corrected chi connectivity index (χ2v) is 4.69. The van der Waals surface area contributed by atoms with Crippen molar-refractivity contribution in [2.75, 3.05) is 18.4 Å². The van der Waals surface area contributed by atoms with E-state index < -0.39 is 0 Å². The summed E-state index contributed by atoms with van der Waals surface area (Å²) in [4.78, 5) is 4.28. The molecule has 1 aliphatic rings. The summed E-state index contributed by atoms with van der Waals surface area (Å²) in [6, 6.07) is 4.50. The zero-order valence-electron chi connectivity index (χ0n) is 10.6. The molecule has 1 aromatic rings. The first-order chi connectivity index (χ1) is 8.25. The summed E-state index contributed by atoms with van der Waals surface area (Å²) < 4.78 is 5.70. The lowest BCUT2D eigenvalue weighted by molar-refractivity contribution is 0.233. The molecule has 0 amide bonds. The predicted octanol–water partition coefficient (Wildman–Crippen LogP) is 2.03. The van der Waals surface area contributed by atoms with Crippen LogP contribution >= 0.6 is 0 Å². The Kier molecular flexibility index (Phi) is 4.20. The van der Waals surface area contributed by atoms with Gasteiger partial charge in [0.1, 0.15) is 0 Å². The first-order valence-corrected chi connectivity index (χ1v) is 6.34. The Hall–Kier alpha value is -1.29. The molecule has 2 rings (SSSR count). The van der Waals surface area contributed by atoms with Crippen molar-refractivity contribution in [1.29, 1.82) is 0 Å². The summed E-state index contributed by atoms with van der Waals surface area (Å²) in [5.41, 5.74) is 1.01. The Morgan fingerprint density at radius 3 is 2.88 bits per heavy atom. The van der Waals surface area contributed by atoms with Crippen molar-refractivity contribution in [1.82, 2.24) is 10.3 Å². The van der Waals surface area contributed by atoms with Gasteiger partial charge in [-0.25, -0.2) is 4.98 Å². The molecular formula is C13H21N3O. The van der Waals surface area contributed by atoms with Crippen LogP contribution in [0.25, 0.3) is 0 Å². The molecule has 4 nitrogen and oxygen atoms in total. The van der Waals surface area contributed by atoms with Crippen molar-refractivity contribution in [3.05, 3.63) is 18.3 Å². The first kappa shape index (κ1) is 12.2. The van der Waals surface area contributed by atoms with E-state index in [-0.39, 0.29) is 6.10 Å². The number of piperidine rings is 1. The molecule has 0 saturated carbocycles. The fourth-order valence-corrected chi connectivity index (χ4v) is 2.00. The highest BCUT2D eigenvalue weighted by atomic mass is 16.5. The van der Waals surface area contributed by atoms with Crippen molar-refractivity contribution in [2.24, 2.45) is 0 Å². The Balaban J connectivity index is 2.03. The van der Waals surface area contributed by atoms with Crippen molar-refractivity contribution < 1.29 is 4.74 Å². The molecule has 2 heterocycles. The molecule has 0 radical (unpaired) electrons. The Labute approximate surface area is 103 Å². The van der Waals surface area contributed by atoms with Gasteiger partial charge in [0.2, 0.25) is 5.88 Å². The van der Waals surface area contributed by atoms with E-state index in [1.165, 1.54) is 0 Å². The number of anilines is 1. The van der Waals surface area contributed by atoms with Crippen LogP contribution in [0.15, 0.2) is 18.3 Å². The number of nitrogens with zero attached hydrogens (tertiary/aromatic N) is 1. The van der Waals surface area contributed by atoms with E-state index in [9.17, 15) is 0 Å². The molecule has 0 aromatic carbocycles. The van der Waals surface area contributed by atoms with Crippen LogP contribution in [0.4, 0.5) is 5.69 Å². The lowest BCUT2D eigenvalue weighted by Gasteiger charge is -2.25. The SMILES string of the molecule is CC(C)Oc1ncccc1NC1CCNCC1. The normalized spacial score (nSPS) is 17.1. The average molecular weight is 235 g/mol. The van der Waals surface area contributed by atoms with Gasteiger partial charge in [0, 0.05) is 12.2 Å². The molecule has 0 spiro atoms. The highest BCUT2D eigenvalue weighted by Crippen LogP contribution is 2.24. The number of nitrogens with one attached hydrogen (secondary N) is 2. The fourth-order valence-electron chi connectivity index (χ4n) is 2.00. The van der Waals surface area contributed by atoms with Crippen LogP contribution in [0.5, 0.6) is 5.88 Å². The van der Waals surface area contributed by atoms with Crippen LogP contribution in [-0.2, 0) is 0 Å². The van der Waals surface area contributed by atoms with Gasteiger partial charge < -0.3 is 15.4 Å². The minimum Gasteiger partial charge on any atom is -0.473 e. The topological polar surface area (TPSA) is 46.2 Å². The molecule has 2 N–H and O–H groups in total. The Morgan fingerprint density at radius 2 is 2.18 bits per heavy atom. The van der Waals surface area contributed by atoms with Crippen LogP contribution < -0.4 is 15.4 Å². The zero-order chi connectivity index (χ0) is 12.1. The molecule has 1 fully saturated rings. The summed E-state index contributed by atoms with van der Waals surface area (Å²) >= 11 is 0. The standard InChI is InChI=1S/C13H21N3O/c1-10(2)17-13-12(4-3-7-15-13)16-11-5-8-14-9-6-11/h3-4,7,10-11,14,16H,5-6,8-9H2,1-2H3. The third-order valence-electron chi connectivity index (χ3n) is 2.82. The smallest absolute Gasteiger partial charge is 0.237 e. The second-order valence-electron chi connectivity index (χ2n) is 4.69. The number of aromatic nitrogens is 1. The summed E-state index contributed by atoms with van der Waals surface area (Å²) in [6.07, 6.45) is 4.22. The molecule has 0 unspecified atom stereocenters. The van der Waals surface area contributed by atoms with Gasteiger partial charge >= 0.3 is 0 Å². The lowest BCUT2D eigenvalue weighted by atomic mass is 10.1. The fraction of sp³-hybridized carbons (Fsp3) is 0.615. The van der Waals surface area contributed by atoms with Crippen LogP contribution in [0.1, 0.15) is 26.7 Å².